The minimum Gasteiger partial charge on any atom is -0.323 e. The van der Waals surface area contributed by atoms with Gasteiger partial charge in [-0.2, -0.15) is 0 Å². The third-order valence-corrected chi connectivity index (χ3v) is 4.48. The summed E-state index contributed by atoms with van der Waals surface area (Å²) < 4.78 is 0. The van der Waals surface area contributed by atoms with Gasteiger partial charge in [0.15, 0.2) is 0 Å². The van der Waals surface area contributed by atoms with Crippen molar-refractivity contribution < 1.29 is 0 Å². The van der Waals surface area contributed by atoms with E-state index in [2.05, 4.69) is 43.0 Å². The average molecular weight is 244 g/mol. The van der Waals surface area contributed by atoms with Gasteiger partial charge in [-0.05, 0) is 35.8 Å². The van der Waals surface area contributed by atoms with E-state index in [1.807, 2.05) is 0 Å². The molecule has 1 saturated heterocycles. The number of nitrogens with two attached hydrogens (primary N) is 1. The van der Waals surface area contributed by atoms with Gasteiger partial charge < -0.3 is 5.73 Å². The fraction of sp³-hybridized carbons (Fsp3) is 0.625. The minimum atomic E-state index is 0.151. The van der Waals surface area contributed by atoms with Gasteiger partial charge in [-0.1, -0.05) is 38.1 Å². The molecule has 2 fully saturated rings. The van der Waals surface area contributed by atoms with E-state index in [0.29, 0.717) is 5.92 Å². The summed E-state index contributed by atoms with van der Waals surface area (Å²) in [6.45, 7) is 7.71. The maximum Gasteiger partial charge on any atom is 0.0441 e. The van der Waals surface area contributed by atoms with Gasteiger partial charge in [0.05, 0.1) is 0 Å². The van der Waals surface area contributed by atoms with Gasteiger partial charge in [0.1, 0.15) is 0 Å². The van der Waals surface area contributed by atoms with Crippen molar-refractivity contribution in [1.82, 2.24) is 4.90 Å². The second-order valence-corrected chi connectivity index (χ2v) is 6.55. The van der Waals surface area contributed by atoms with Gasteiger partial charge in [0.25, 0.3) is 0 Å². The predicted octanol–water partition coefficient (Wildman–Crippen LogP) is 2.73. The lowest BCUT2D eigenvalue weighted by Gasteiger charge is -2.48. The maximum atomic E-state index is 6.37. The molecule has 0 amide bonds. The molecular formula is C16H24N2. The van der Waals surface area contributed by atoms with Crippen LogP contribution in [-0.4, -0.2) is 23.5 Å². The monoisotopic (exact) mass is 244 g/mol. The summed E-state index contributed by atoms with van der Waals surface area (Å²) >= 11 is 0. The van der Waals surface area contributed by atoms with Crippen molar-refractivity contribution in [1.29, 1.82) is 0 Å². The van der Waals surface area contributed by atoms with E-state index in [-0.39, 0.29) is 5.54 Å². The van der Waals surface area contributed by atoms with Crippen LogP contribution < -0.4 is 5.73 Å². The van der Waals surface area contributed by atoms with Crippen LogP contribution in [0.25, 0.3) is 0 Å². The third-order valence-electron chi connectivity index (χ3n) is 4.48. The normalized spacial score (nSPS) is 23.1. The van der Waals surface area contributed by atoms with E-state index < -0.39 is 0 Å². The summed E-state index contributed by atoms with van der Waals surface area (Å²) in [6, 6.07) is 9.05. The summed E-state index contributed by atoms with van der Waals surface area (Å²) in [4.78, 5) is 2.47. The largest absolute Gasteiger partial charge is 0.323 e. The first-order valence-electron chi connectivity index (χ1n) is 7.17. The Balaban J connectivity index is 1.54. The van der Waals surface area contributed by atoms with Gasteiger partial charge in [-0.3, -0.25) is 4.90 Å². The zero-order chi connectivity index (χ0) is 12.8. The van der Waals surface area contributed by atoms with Crippen molar-refractivity contribution in [3.63, 3.8) is 0 Å². The Kier molecular flexibility index (Phi) is 2.95. The van der Waals surface area contributed by atoms with E-state index >= 15 is 0 Å². The molecule has 3 rings (SSSR count). The third kappa shape index (κ3) is 2.32. The van der Waals surface area contributed by atoms with Crippen molar-refractivity contribution >= 4 is 0 Å². The quantitative estimate of drug-likeness (QED) is 0.882. The van der Waals surface area contributed by atoms with Crippen LogP contribution in [0.1, 0.15) is 43.7 Å². The smallest absolute Gasteiger partial charge is 0.0441 e. The van der Waals surface area contributed by atoms with Gasteiger partial charge >= 0.3 is 0 Å². The van der Waals surface area contributed by atoms with E-state index in [4.69, 9.17) is 5.73 Å². The second kappa shape index (κ2) is 4.36. The number of likely N-dealkylation sites (tertiary alicyclic amines) is 1. The van der Waals surface area contributed by atoms with Crippen molar-refractivity contribution in [2.45, 2.75) is 44.7 Å². The molecule has 1 aromatic carbocycles. The Morgan fingerprint density at radius 2 is 1.83 bits per heavy atom. The lowest BCUT2D eigenvalue weighted by molar-refractivity contribution is 0.0478. The van der Waals surface area contributed by atoms with Crippen LogP contribution in [0.3, 0.4) is 0 Å². The highest BCUT2D eigenvalue weighted by molar-refractivity contribution is 5.25. The first-order chi connectivity index (χ1) is 8.57. The van der Waals surface area contributed by atoms with Crippen LogP contribution in [0.15, 0.2) is 24.3 Å². The van der Waals surface area contributed by atoms with E-state index in [1.54, 1.807) is 0 Å². The molecule has 98 valence electrons. The molecule has 0 aromatic heterocycles. The topological polar surface area (TPSA) is 29.3 Å². The fourth-order valence-corrected chi connectivity index (χ4v) is 3.08. The number of benzene rings is 1. The highest BCUT2D eigenvalue weighted by Crippen LogP contribution is 2.43. The van der Waals surface area contributed by atoms with E-state index in [9.17, 15) is 0 Å². The number of hydrogen-bond acceptors (Lipinski definition) is 2. The summed E-state index contributed by atoms with van der Waals surface area (Å²) in [7, 11) is 0. The Morgan fingerprint density at radius 3 is 2.33 bits per heavy atom. The molecule has 0 unspecified atom stereocenters. The van der Waals surface area contributed by atoms with E-state index in [0.717, 1.165) is 25.6 Å². The molecule has 1 heterocycles. The molecule has 2 N–H and O–H groups in total. The molecule has 1 saturated carbocycles. The average Bonchev–Trinajstić information content (AvgIpc) is 3.11. The van der Waals surface area contributed by atoms with Gasteiger partial charge in [-0.15, -0.1) is 0 Å². The van der Waals surface area contributed by atoms with Crippen LogP contribution in [-0.2, 0) is 6.54 Å². The molecule has 2 nitrogen and oxygen atoms in total. The lowest BCUT2D eigenvalue weighted by atomic mass is 9.85. The van der Waals surface area contributed by atoms with Crippen molar-refractivity contribution in [2.24, 2.45) is 11.7 Å². The maximum absolute atomic E-state index is 6.37. The molecule has 18 heavy (non-hydrogen) atoms. The molecule has 0 radical (unpaired) electrons. The van der Waals surface area contributed by atoms with Crippen molar-refractivity contribution in [3.05, 3.63) is 35.4 Å². The first kappa shape index (κ1) is 12.2. The number of rotatable bonds is 4. The molecule has 1 aliphatic carbocycles. The summed E-state index contributed by atoms with van der Waals surface area (Å²) in [5.41, 5.74) is 9.36. The summed E-state index contributed by atoms with van der Waals surface area (Å²) in [6.07, 6.45) is 2.71. The highest BCUT2D eigenvalue weighted by atomic mass is 15.3. The predicted molar refractivity (Wildman–Crippen MR) is 75.5 cm³/mol. The lowest BCUT2D eigenvalue weighted by Crippen LogP contribution is -2.68. The van der Waals surface area contributed by atoms with Crippen LogP contribution in [0.4, 0.5) is 0 Å². The molecule has 0 bridgehead atoms. The molecule has 1 aliphatic heterocycles. The molecular weight excluding hydrogens is 220 g/mol. The Labute approximate surface area is 110 Å². The van der Waals surface area contributed by atoms with E-state index in [1.165, 1.54) is 24.0 Å². The van der Waals surface area contributed by atoms with Crippen LogP contribution >= 0.6 is 0 Å². The first-order valence-corrected chi connectivity index (χ1v) is 7.17. The Hall–Kier alpha value is -0.860. The van der Waals surface area contributed by atoms with Crippen LogP contribution in [0.5, 0.6) is 0 Å². The molecule has 0 spiro atoms. The molecule has 1 aromatic rings. The Bertz CT molecular complexity index is 411. The molecule has 2 aliphatic rings. The summed E-state index contributed by atoms with van der Waals surface area (Å²) in [5.74, 6) is 1.44. The zero-order valence-electron chi connectivity index (χ0n) is 11.5. The minimum absolute atomic E-state index is 0.151. The SMILES string of the molecule is CC(C)c1ccc(CN2CC(N)(C3CC3)C2)cc1. The molecule has 0 atom stereocenters. The van der Waals surface area contributed by atoms with Gasteiger partial charge in [0.2, 0.25) is 0 Å². The standard InChI is InChI=1S/C16H24N2/c1-12(2)14-5-3-13(4-6-14)9-18-10-16(17,11-18)15-7-8-15/h3-6,12,15H,7-11,17H2,1-2H3. The Morgan fingerprint density at radius 1 is 1.22 bits per heavy atom. The van der Waals surface area contributed by atoms with Gasteiger partial charge in [0, 0.05) is 25.2 Å². The van der Waals surface area contributed by atoms with Crippen molar-refractivity contribution in [3.8, 4) is 0 Å². The zero-order valence-corrected chi connectivity index (χ0v) is 11.5. The van der Waals surface area contributed by atoms with Crippen LogP contribution in [0, 0.1) is 5.92 Å². The van der Waals surface area contributed by atoms with Gasteiger partial charge in [-0.25, -0.2) is 0 Å². The van der Waals surface area contributed by atoms with Crippen LogP contribution in [0.2, 0.25) is 0 Å². The highest BCUT2D eigenvalue weighted by Gasteiger charge is 2.49. The molecule has 2 heteroatoms. The fourth-order valence-electron chi connectivity index (χ4n) is 3.08. The number of nitrogens with zero attached hydrogens (tertiary/aromatic N) is 1. The summed E-state index contributed by atoms with van der Waals surface area (Å²) in [5, 5.41) is 0. The second-order valence-electron chi connectivity index (χ2n) is 6.55. The number of hydrogen-bond donors (Lipinski definition) is 1. The van der Waals surface area contributed by atoms with Crippen molar-refractivity contribution in [2.75, 3.05) is 13.1 Å².